The lowest BCUT2D eigenvalue weighted by Crippen LogP contribution is -2.58. The highest BCUT2D eigenvalue weighted by molar-refractivity contribution is 5.19. The zero-order chi connectivity index (χ0) is 25.0. The maximum absolute atomic E-state index is 14.0. The highest BCUT2D eigenvalue weighted by Gasteiger charge is 2.61. The van der Waals surface area contributed by atoms with Crippen molar-refractivity contribution in [3.8, 4) is 0 Å². The van der Waals surface area contributed by atoms with E-state index in [1.807, 2.05) is 0 Å². The first-order valence-corrected chi connectivity index (χ1v) is 14.5. The highest BCUT2D eigenvalue weighted by Crippen LogP contribution is 2.68. The summed E-state index contributed by atoms with van der Waals surface area (Å²) >= 11 is 0. The highest BCUT2D eigenvalue weighted by atomic mass is 19.1. The first kappa shape index (κ1) is 25.7. The number of fused-ring (bicyclic) bond motifs is 5. The maximum Gasteiger partial charge on any atom is 0.128 e. The molecule has 3 nitrogen and oxygen atoms in total. The number of halogens is 1. The fraction of sp³-hybridized carbons (Fsp3) is 0.806. The van der Waals surface area contributed by atoms with Crippen molar-refractivity contribution in [3.63, 3.8) is 0 Å². The Morgan fingerprint density at radius 3 is 2.34 bits per heavy atom. The van der Waals surface area contributed by atoms with E-state index in [1.165, 1.54) is 38.2 Å². The van der Waals surface area contributed by atoms with Gasteiger partial charge < -0.3 is 15.3 Å². The minimum absolute atomic E-state index is 0.176. The van der Waals surface area contributed by atoms with Crippen LogP contribution in [0.2, 0.25) is 0 Å². The summed E-state index contributed by atoms with van der Waals surface area (Å²) in [6.07, 6.45) is 10.1. The smallest absolute Gasteiger partial charge is 0.128 e. The van der Waals surface area contributed by atoms with E-state index in [0.29, 0.717) is 29.2 Å². The van der Waals surface area contributed by atoms with Crippen LogP contribution >= 0.6 is 0 Å². The normalized spacial score (nSPS) is 44.7. The summed E-state index contributed by atoms with van der Waals surface area (Å²) in [5.74, 6) is 3.52. The van der Waals surface area contributed by atoms with Gasteiger partial charge in [0.1, 0.15) is 5.82 Å². The summed E-state index contributed by atoms with van der Waals surface area (Å²) in [6.45, 7) is 7.42. The van der Waals surface area contributed by atoms with Gasteiger partial charge in [0.05, 0.1) is 18.3 Å². The molecule has 0 saturated heterocycles. The SMILES string of the molecule is C[C@H](CCC[C@@H](O)c1ccccc1F)[C@H]1CC[C@H]2[C@@H]3CC[C@H]4[C@@H](O)[C@@H](O)CC[C@]4(C)[C@H]3CC[C@]12C. The summed E-state index contributed by atoms with van der Waals surface area (Å²) in [5.41, 5.74) is 0.992. The molecule has 11 atom stereocenters. The first-order chi connectivity index (χ1) is 16.7. The minimum Gasteiger partial charge on any atom is -0.390 e. The van der Waals surface area contributed by atoms with Crippen LogP contribution in [0.3, 0.4) is 0 Å². The van der Waals surface area contributed by atoms with Crippen LogP contribution in [0.1, 0.15) is 103 Å². The third-order valence-corrected chi connectivity index (χ3v) is 11.9. The molecule has 196 valence electrons. The lowest BCUT2D eigenvalue weighted by atomic mass is 9.44. The van der Waals surface area contributed by atoms with Crippen LogP contribution in [-0.4, -0.2) is 27.5 Å². The number of aliphatic hydroxyl groups is 3. The van der Waals surface area contributed by atoms with E-state index in [2.05, 4.69) is 20.8 Å². The Bertz CT molecular complexity index is 890. The summed E-state index contributed by atoms with van der Waals surface area (Å²) in [6, 6.07) is 6.60. The average molecular weight is 487 g/mol. The van der Waals surface area contributed by atoms with Crippen molar-refractivity contribution in [2.24, 2.45) is 46.3 Å². The molecule has 1 aromatic rings. The van der Waals surface area contributed by atoms with E-state index in [-0.39, 0.29) is 17.2 Å². The molecule has 4 fully saturated rings. The standard InChI is InChI=1S/C31H47FO3/c1-19(7-6-10-27(33)21-8-4-5-9-26(21)32)22-13-14-23-20-11-12-25-29(35)28(34)16-18-31(25,3)24(20)15-17-30(22,23)2/h4-5,8-9,19-20,22-25,27-29,33-35H,6-7,10-18H2,1-3H3/t19-,20+,22-,23+,24+,25+,27-,28+,29-,30-,31-/m1/s1. The summed E-state index contributed by atoms with van der Waals surface area (Å²) in [5, 5.41) is 31.6. The van der Waals surface area contributed by atoms with Crippen LogP contribution in [0.5, 0.6) is 0 Å². The Kier molecular flexibility index (Phi) is 7.13. The quantitative estimate of drug-likeness (QED) is 0.421. The zero-order valence-electron chi connectivity index (χ0n) is 22.0. The summed E-state index contributed by atoms with van der Waals surface area (Å²) in [4.78, 5) is 0. The molecule has 0 amide bonds. The van der Waals surface area contributed by atoms with Crippen LogP contribution in [0.4, 0.5) is 4.39 Å². The lowest BCUT2D eigenvalue weighted by Gasteiger charge is -2.62. The molecule has 4 heteroatoms. The number of aliphatic hydroxyl groups excluding tert-OH is 3. The summed E-state index contributed by atoms with van der Waals surface area (Å²) < 4.78 is 14.0. The fourth-order valence-corrected chi connectivity index (χ4v) is 10.0. The van der Waals surface area contributed by atoms with Gasteiger partial charge >= 0.3 is 0 Å². The lowest BCUT2D eigenvalue weighted by molar-refractivity contribution is -0.174. The molecule has 4 saturated carbocycles. The van der Waals surface area contributed by atoms with Crippen molar-refractivity contribution in [1.29, 1.82) is 0 Å². The average Bonchev–Trinajstić information content (AvgIpc) is 3.19. The fourth-order valence-electron chi connectivity index (χ4n) is 10.0. The molecule has 0 spiro atoms. The second-order valence-corrected chi connectivity index (χ2v) is 13.3. The second kappa shape index (κ2) is 9.72. The number of hydrogen-bond acceptors (Lipinski definition) is 3. The van der Waals surface area contributed by atoms with Gasteiger partial charge in [0.2, 0.25) is 0 Å². The van der Waals surface area contributed by atoms with E-state index in [4.69, 9.17) is 0 Å². The molecule has 1 aromatic carbocycles. The van der Waals surface area contributed by atoms with Crippen LogP contribution < -0.4 is 0 Å². The largest absolute Gasteiger partial charge is 0.390 e. The van der Waals surface area contributed by atoms with E-state index in [9.17, 15) is 19.7 Å². The van der Waals surface area contributed by atoms with Gasteiger partial charge in [0.15, 0.2) is 0 Å². The third kappa shape index (κ3) is 4.30. The van der Waals surface area contributed by atoms with Crippen LogP contribution in [0.25, 0.3) is 0 Å². The Morgan fingerprint density at radius 1 is 0.886 bits per heavy atom. The van der Waals surface area contributed by atoms with Crippen LogP contribution in [-0.2, 0) is 0 Å². The van der Waals surface area contributed by atoms with Gasteiger partial charge in [-0.1, -0.05) is 51.8 Å². The van der Waals surface area contributed by atoms with Crippen molar-refractivity contribution < 1.29 is 19.7 Å². The predicted octanol–water partition coefficient (Wildman–Crippen LogP) is 6.66. The monoisotopic (exact) mass is 486 g/mol. The molecular formula is C31H47FO3. The number of hydrogen-bond donors (Lipinski definition) is 3. The molecular weight excluding hydrogens is 439 g/mol. The number of benzene rings is 1. The van der Waals surface area contributed by atoms with Crippen molar-refractivity contribution in [1.82, 2.24) is 0 Å². The van der Waals surface area contributed by atoms with Gasteiger partial charge in [-0.3, -0.25) is 0 Å². The maximum atomic E-state index is 14.0. The molecule has 0 unspecified atom stereocenters. The van der Waals surface area contributed by atoms with E-state index >= 15 is 0 Å². The van der Waals surface area contributed by atoms with Gasteiger partial charge in [-0.15, -0.1) is 0 Å². The third-order valence-electron chi connectivity index (χ3n) is 11.9. The molecule has 35 heavy (non-hydrogen) atoms. The molecule has 4 aliphatic rings. The Labute approximate surface area is 211 Å². The van der Waals surface area contributed by atoms with Gasteiger partial charge in [-0.25, -0.2) is 4.39 Å². The first-order valence-electron chi connectivity index (χ1n) is 14.5. The van der Waals surface area contributed by atoms with Crippen LogP contribution in [0.15, 0.2) is 24.3 Å². The number of rotatable bonds is 6. The summed E-state index contributed by atoms with van der Waals surface area (Å²) in [7, 11) is 0. The molecule has 0 heterocycles. The molecule has 3 N–H and O–H groups in total. The van der Waals surface area contributed by atoms with Crippen molar-refractivity contribution in [3.05, 3.63) is 35.6 Å². The van der Waals surface area contributed by atoms with Crippen molar-refractivity contribution in [2.75, 3.05) is 0 Å². The van der Waals surface area contributed by atoms with Gasteiger partial charge in [-0.2, -0.15) is 0 Å². The topological polar surface area (TPSA) is 60.7 Å². The van der Waals surface area contributed by atoms with Crippen molar-refractivity contribution in [2.45, 2.75) is 110 Å². The van der Waals surface area contributed by atoms with E-state index < -0.39 is 18.3 Å². The Balaban J connectivity index is 1.22. The molecule has 0 bridgehead atoms. The molecule has 0 aromatic heterocycles. The molecule has 5 rings (SSSR count). The second-order valence-electron chi connectivity index (χ2n) is 13.3. The molecule has 0 aliphatic heterocycles. The Morgan fingerprint density at radius 2 is 1.57 bits per heavy atom. The van der Waals surface area contributed by atoms with E-state index in [0.717, 1.165) is 49.9 Å². The van der Waals surface area contributed by atoms with Gasteiger partial charge in [-0.05, 0) is 110 Å². The predicted molar refractivity (Wildman–Crippen MR) is 137 cm³/mol. The molecule has 4 aliphatic carbocycles. The van der Waals surface area contributed by atoms with Gasteiger partial charge in [0, 0.05) is 5.56 Å². The molecule has 0 radical (unpaired) electrons. The van der Waals surface area contributed by atoms with Gasteiger partial charge in [0.25, 0.3) is 0 Å². The van der Waals surface area contributed by atoms with E-state index in [1.54, 1.807) is 18.2 Å². The minimum atomic E-state index is -0.717. The van der Waals surface area contributed by atoms with Crippen molar-refractivity contribution >= 4 is 0 Å². The Hall–Kier alpha value is -0.970. The zero-order valence-corrected chi connectivity index (χ0v) is 22.0. The van der Waals surface area contributed by atoms with Crippen LogP contribution in [0, 0.1) is 52.2 Å².